The molecule has 1 aliphatic carbocycles. The molecule has 1 saturated heterocycles. The zero-order chi connectivity index (χ0) is 25.1. The van der Waals surface area contributed by atoms with E-state index in [0.29, 0.717) is 37.0 Å². The lowest BCUT2D eigenvalue weighted by Crippen LogP contribution is -2.51. The van der Waals surface area contributed by atoms with Crippen LogP contribution in [0.2, 0.25) is 0 Å². The topological polar surface area (TPSA) is 98.2 Å². The zero-order valence-corrected chi connectivity index (χ0v) is 20.6. The summed E-state index contributed by atoms with van der Waals surface area (Å²) >= 11 is 0. The van der Waals surface area contributed by atoms with Crippen LogP contribution >= 0.6 is 0 Å². The molecule has 0 atom stereocenters. The SMILES string of the molecule is Cn1cc(-c2cccc(-n3ccc4c(=O)n(CC5(O)CCN(C(=O)C6(C)CC6)CC5)cnc43)c2)cn1. The van der Waals surface area contributed by atoms with Crippen LogP contribution in [0.3, 0.4) is 0 Å². The van der Waals surface area contributed by atoms with E-state index in [1.165, 1.54) is 10.9 Å². The third-order valence-corrected chi connectivity index (χ3v) is 7.79. The lowest BCUT2D eigenvalue weighted by atomic mass is 9.90. The first-order valence-corrected chi connectivity index (χ1v) is 12.4. The Labute approximate surface area is 208 Å². The number of carbonyl (C=O) groups excluding carboxylic acids is 1. The Morgan fingerprint density at radius 3 is 2.58 bits per heavy atom. The van der Waals surface area contributed by atoms with Crippen molar-refractivity contribution in [1.29, 1.82) is 0 Å². The number of likely N-dealkylation sites (tertiary alicyclic amines) is 1. The maximum atomic E-state index is 13.3. The number of aliphatic hydroxyl groups is 1. The van der Waals surface area contributed by atoms with Crippen LogP contribution in [0, 0.1) is 5.41 Å². The number of hydrogen-bond donors (Lipinski definition) is 1. The average Bonchev–Trinajstić information content (AvgIpc) is 3.26. The highest BCUT2D eigenvalue weighted by molar-refractivity contribution is 5.85. The molecule has 6 rings (SSSR count). The molecule has 1 N–H and O–H groups in total. The largest absolute Gasteiger partial charge is 0.388 e. The van der Waals surface area contributed by atoms with Gasteiger partial charge >= 0.3 is 0 Å². The highest BCUT2D eigenvalue weighted by Gasteiger charge is 2.48. The minimum absolute atomic E-state index is 0.162. The van der Waals surface area contributed by atoms with Gasteiger partial charge in [-0.3, -0.25) is 18.8 Å². The number of piperidine rings is 1. The summed E-state index contributed by atoms with van der Waals surface area (Å²) in [4.78, 5) is 32.4. The van der Waals surface area contributed by atoms with Crippen molar-refractivity contribution in [3.05, 3.63) is 65.6 Å². The quantitative estimate of drug-likeness (QED) is 0.468. The molecule has 1 amide bonds. The molecule has 9 nitrogen and oxygen atoms in total. The first-order valence-electron chi connectivity index (χ1n) is 12.4. The molecule has 1 aromatic carbocycles. The van der Waals surface area contributed by atoms with Crippen LogP contribution < -0.4 is 5.56 Å². The third-order valence-electron chi connectivity index (χ3n) is 7.79. The van der Waals surface area contributed by atoms with Gasteiger partial charge in [0.05, 0.1) is 23.7 Å². The Hall–Kier alpha value is -3.72. The van der Waals surface area contributed by atoms with E-state index in [1.807, 2.05) is 66.3 Å². The van der Waals surface area contributed by atoms with E-state index in [0.717, 1.165) is 29.7 Å². The molecule has 0 spiro atoms. The molecule has 1 saturated carbocycles. The monoisotopic (exact) mass is 486 g/mol. The summed E-state index contributed by atoms with van der Waals surface area (Å²) in [6.45, 7) is 3.20. The van der Waals surface area contributed by atoms with Crippen LogP contribution in [0.1, 0.15) is 32.6 Å². The summed E-state index contributed by atoms with van der Waals surface area (Å²) in [7, 11) is 1.88. The summed E-state index contributed by atoms with van der Waals surface area (Å²) in [5.74, 6) is 0.193. The molecule has 186 valence electrons. The molecule has 4 heterocycles. The molecule has 4 aromatic rings. The van der Waals surface area contributed by atoms with Gasteiger partial charge in [-0.1, -0.05) is 19.1 Å². The van der Waals surface area contributed by atoms with Gasteiger partial charge in [-0.05, 0) is 49.4 Å². The second kappa shape index (κ2) is 8.16. The fourth-order valence-corrected chi connectivity index (χ4v) is 5.17. The van der Waals surface area contributed by atoms with Crippen LogP contribution in [0.25, 0.3) is 27.8 Å². The van der Waals surface area contributed by atoms with Crippen molar-refractivity contribution in [3.8, 4) is 16.8 Å². The van der Waals surface area contributed by atoms with E-state index in [9.17, 15) is 14.7 Å². The second-order valence-corrected chi connectivity index (χ2v) is 10.6. The molecule has 0 unspecified atom stereocenters. The number of amides is 1. The van der Waals surface area contributed by atoms with E-state index >= 15 is 0 Å². The third kappa shape index (κ3) is 3.93. The van der Waals surface area contributed by atoms with Gasteiger partial charge in [0, 0.05) is 49.2 Å². The Morgan fingerprint density at radius 2 is 1.89 bits per heavy atom. The Kier molecular flexibility index (Phi) is 5.15. The standard InChI is InChI=1S/C27H30N6O3/c1-26(7-8-26)25(35)31-12-9-27(36,10-13-31)17-32-18-28-23-22(24(32)34)6-11-33(23)21-5-3-4-19(14-21)20-15-29-30(2)16-20/h3-6,11,14-16,18,36H,7-10,12-13,17H2,1-2H3. The highest BCUT2D eigenvalue weighted by Crippen LogP contribution is 2.47. The highest BCUT2D eigenvalue weighted by atomic mass is 16.3. The van der Waals surface area contributed by atoms with E-state index in [-0.39, 0.29) is 23.4 Å². The Bertz CT molecular complexity index is 1520. The maximum absolute atomic E-state index is 13.3. The summed E-state index contributed by atoms with van der Waals surface area (Å²) in [6.07, 6.45) is 9.93. The van der Waals surface area contributed by atoms with Crippen LogP contribution in [0.5, 0.6) is 0 Å². The van der Waals surface area contributed by atoms with Crippen molar-refractivity contribution in [2.24, 2.45) is 12.5 Å². The van der Waals surface area contributed by atoms with E-state index in [4.69, 9.17) is 0 Å². The summed E-state index contributed by atoms with van der Waals surface area (Å²) in [5, 5.41) is 16.0. The molecule has 36 heavy (non-hydrogen) atoms. The zero-order valence-electron chi connectivity index (χ0n) is 20.6. The Balaban J connectivity index is 1.23. The van der Waals surface area contributed by atoms with Crippen LogP contribution in [-0.4, -0.2) is 58.5 Å². The summed E-state index contributed by atoms with van der Waals surface area (Å²) < 4.78 is 5.16. The first-order chi connectivity index (χ1) is 17.2. The van der Waals surface area contributed by atoms with Gasteiger partial charge in [-0.25, -0.2) is 4.98 Å². The molecule has 0 radical (unpaired) electrons. The van der Waals surface area contributed by atoms with Gasteiger partial charge in [0.25, 0.3) is 5.56 Å². The number of hydrogen-bond acceptors (Lipinski definition) is 5. The molecule has 0 bridgehead atoms. The van der Waals surface area contributed by atoms with Crippen molar-refractivity contribution in [2.45, 2.75) is 44.8 Å². The predicted octanol–water partition coefficient (Wildman–Crippen LogP) is 2.74. The number of rotatable bonds is 5. The number of aromatic nitrogens is 5. The molecular formula is C27H30N6O3. The lowest BCUT2D eigenvalue weighted by molar-refractivity contribution is -0.141. The first kappa shape index (κ1) is 22.7. The van der Waals surface area contributed by atoms with E-state index < -0.39 is 5.60 Å². The molecule has 3 aromatic heterocycles. The number of fused-ring (bicyclic) bond motifs is 1. The Morgan fingerprint density at radius 1 is 1.11 bits per heavy atom. The lowest BCUT2D eigenvalue weighted by Gasteiger charge is -2.39. The van der Waals surface area contributed by atoms with Crippen molar-refractivity contribution >= 4 is 16.9 Å². The van der Waals surface area contributed by atoms with Gasteiger partial charge < -0.3 is 14.6 Å². The van der Waals surface area contributed by atoms with Crippen LogP contribution in [0.4, 0.5) is 0 Å². The number of benzene rings is 1. The van der Waals surface area contributed by atoms with Crippen molar-refractivity contribution < 1.29 is 9.90 Å². The smallest absolute Gasteiger partial charge is 0.262 e. The fraction of sp³-hybridized carbons (Fsp3) is 0.407. The number of carbonyl (C=O) groups is 1. The van der Waals surface area contributed by atoms with Crippen molar-refractivity contribution in [3.63, 3.8) is 0 Å². The number of nitrogens with zero attached hydrogens (tertiary/aromatic N) is 6. The molecular weight excluding hydrogens is 456 g/mol. The van der Waals surface area contributed by atoms with Crippen molar-refractivity contribution in [1.82, 2.24) is 28.8 Å². The van der Waals surface area contributed by atoms with Crippen LogP contribution in [0.15, 0.2) is 60.0 Å². The predicted molar refractivity (Wildman–Crippen MR) is 136 cm³/mol. The summed E-state index contributed by atoms with van der Waals surface area (Å²) in [5.41, 5.74) is 2.09. The minimum atomic E-state index is -1.04. The fourth-order valence-electron chi connectivity index (χ4n) is 5.17. The van der Waals surface area contributed by atoms with Gasteiger partial charge in [-0.2, -0.15) is 5.10 Å². The van der Waals surface area contributed by atoms with Gasteiger partial charge in [0.2, 0.25) is 5.91 Å². The maximum Gasteiger partial charge on any atom is 0.262 e. The van der Waals surface area contributed by atoms with Gasteiger partial charge in [-0.15, -0.1) is 0 Å². The van der Waals surface area contributed by atoms with E-state index in [1.54, 1.807) is 10.7 Å². The van der Waals surface area contributed by atoms with E-state index in [2.05, 4.69) is 10.1 Å². The normalized spacial score (nSPS) is 18.5. The number of aryl methyl sites for hydroxylation is 1. The van der Waals surface area contributed by atoms with Crippen molar-refractivity contribution in [2.75, 3.05) is 13.1 Å². The second-order valence-electron chi connectivity index (χ2n) is 10.6. The average molecular weight is 487 g/mol. The molecule has 9 heteroatoms. The molecule has 2 fully saturated rings. The minimum Gasteiger partial charge on any atom is -0.388 e. The summed E-state index contributed by atoms with van der Waals surface area (Å²) in [6, 6.07) is 9.80. The van der Waals surface area contributed by atoms with Crippen LogP contribution in [-0.2, 0) is 18.4 Å². The molecule has 1 aliphatic heterocycles. The van der Waals surface area contributed by atoms with Gasteiger partial charge in [0.15, 0.2) is 5.65 Å². The van der Waals surface area contributed by atoms with Gasteiger partial charge in [0.1, 0.15) is 6.33 Å². The molecule has 2 aliphatic rings.